The lowest BCUT2D eigenvalue weighted by molar-refractivity contribution is 0.0352. The summed E-state index contributed by atoms with van der Waals surface area (Å²) >= 11 is 0. The molecule has 0 spiro atoms. The number of aromatic nitrogens is 1. The number of anilines is 1. The average Bonchev–Trinajstić information content (AvgIpc) is 3.05. The van der Waals surface area contributed by atoms with Gasteiger partial charge in [-0.25, -0.2) is 4.39 Å². The number of hydrogen-bond donors (Lipinski definition) is 1. The molecule has 4 heteroatoms. The van der Waals surface area contributed by atoms with Crippen molar-refractivity contribution in [3.8, 4) is 11.1 Å². The van der Waals surface area contributed by atoms with E-state index in [0.717, 1.165) is 46.3 Å². The third kappa shape index (κ3) is 2.40. The van der Waals surface area contributed by atoms with Gasteiger partial charge in [0.25, 0.3) is 0 Å². The van der Waals surface area contributed by atoms with Gasteiger partial charge in [-0.1, -0.05) is 19.1 Å². The van der Waals surface area contributed by atoms with Crippen LogP contribution in [0.2, 0.25) is 0 Å². The van der Waals surface area contributed by atoms with Crippen LogP contribution in [0.5, 0.6) is 0 Å². The first-order valence-corrected chi connectivity index (χ1v) is 9.89. The number of aryl methyl sites for hydroxylation is 1. The first-order valence-electron chi connectivity index (χ1n) is 9.89. The molecule has 5 rings (SSSR count). The van der Waals surface area contributed by atoms with Gasteiger partial charge in [0.2, 0.25) is 0 Å². The highest BCUT2D eigenvalue weighted by Gasteiger charge is 2.53. The molecule has 3 heterocycles. The summed E-state index contributed by atoms with van der Waals surface area (Å²) in [6.07, 6.45) is 2.85. The molecule has 1 N–H and O–H groups in total. The number of fused-ring (bicyclic) bond motifs is 4. The molecule has 2 unspecified atom stereocenters. The number of benzene rings is 2. The van der Waals surface area contributed by atoms with Gasteiger partial charge < -0.3 is 10.1 Å². The smallest absolute Gasteiger partial charge is 0.133 e. The highest BCUT2D eigenvalue weighted by Crippen LogP contribution is 2.51. The van der Waals surface area contributed by atoms with Crippen LogP contribution in [-0.4, -0.2) is 23.2 Å². The fourth-order valence-electron chi connectivity index (χ4n) is 5.24. The number of pyridine rings is 1. The fourth-order valence-corrected chi connectivity index (χ4v) is 5.24. The summed E-state index contributed by atoms with van der Waals surface area (Å²) < 4.78 is 21.4. The van der Waals surface area contributed by atoms with Gasteiger partial charge in [-0.05, 0) is 68.1 Å². The Balaban J connectivity index is 1.76. The molecule has 1 aromatic heterocycles. The zero-order valence-corrected chi connectivity index (χ0v) is 16.8. The molecule has 0 saturated carbocycles. The van der Waals surface area contributed by atoms with Crippen molar-refractivity contribution in [2.45, 2.75) is 51.2 Å². The Kier molecular flexibility index (Phi) is 3.63. The SMILES string of the molecule is Cc1cnc2cccc(-c3cc4c(cc3F)NC(C)(C)C3OCCC43C)c2c1. The summed E-state index contributed by atoms with van der Waals surface area (Å²) in [4.78, 5) is 4.52. The van der Waals surface area contributed by atoms with E-state index in [9.17, 15) is 0 Å². The van der Waals surface area contributed by atoms with Gasteiger partial charge in [0, 0.05) is 34.9 Å². The summed E-state index contributed by atoms with van der Waals surface area (Å²) in [6, 6.07) is 11.7. The number of nitrogens with one attached hydrogen (secondary N) is 1. The quantitative estimate of drug-likeness (QED) is 0.600. The number of halogens is 1. The van der Waals surface area contributed by atoms with Crippen molar-refractivity contribution < 1.29 is 9.13 Å². The van der Waals surface area contributed by atoms with E-state index >= 15 is 4.39 Å². The van der Waals surface area contributed by atoms with E-state index < -0.39 is 0 Å². The van der Waals surface area contributed by atoms with Crippen LogP contribution in [0.1, 0.15) is 38.3 Å². The zero-order chi connectivity index (χ0) is 19.7. The van der Waals surface area contributed by atoms with Gasteiger partial charge in [-0.2, -0.15) is 0 Å². The molecule has 3 aromatic rings. The molecule has 3 nitrogen and oxygen atoms in total. The molecule has 2 aliphatic heterocycles. The summed E-state index contributed by atoms with van der Waals surface area (Å²) in [5, 5.41) is 4.50. The number of nitrogens with zero attached hydrogens (tertiary/aromatic N) is 1. The molecule has 1 saturated heterocycles. The minimum atomic E-state index is -0.243. The van der Waals surface area contributed by atoms with Gasteiger partial charge in [0.15, 0.2) is 0 Å². The van der Waals surface area contributed by atoms with Crippen LogP contribution >= 0.6 is 0 Å². The lowest BCUT2D eigenvalue weighted by atomic mass is 9.66. The van der Waals surface area contributed by atoms with Crippen LogP contribution in [-0.2, 0) is 10.2 Å². The maximum atomic E-state index is 15.3. The maximum absolute atomic E-state index is 15.3. The predicted octanol–water partition coefficient (Wildman–Crippen LogP) is 5.60. The first-order chi connectivity index (χ1) is 13.3. The molecular weight excluding hydrogens is 351 g/mol. The Bertz CT molecular complexity index is 1110. The van der Waals surface area contributed by atoms with Crippen molar-refractivity contribution in [3.63, 3.8) is 0 Å². The van der Waals surface area contributed by atoms with Crippen molar-refractivity contribution in [2.24, 2.45) is 0 Å². The number of ether oxygens (including phenoxy) is 1. The van der Waals surface area contributed by atoms with Crippen molar-refractivity contribution in [3.05, 3.63) is 59.5 Å². The van der Waals surface area contributed by atoms with Crippen LogP contribution in [0.25, 0.3) is 22.0 Å². The summed E-state index contributed by atoms with van der Waals surface area (Å²) in [6.45, 7) is 9.27. The standard InChI is InChI=1S/C24H25FN2O/c1-14-10-17-15(6-5-7-20(17)26-13-14)16-11-18-21(12-19(16)25)27-23(2,3)22-24(18,4)8-9-28-22/h5-7,10-13,22,27H,8-9H2,1-4H3. The summed E-state index contributed by atoms with van der Waals surface area (Å²) in [7, 11) is 0. The van der Waals surface area contributed by atoms with Crippen molar-refractivity contribution in [1.29, 1.82) is 0 Å². The Morgan fingerprint density at radius 1 is 1.14 bits per heavy atom. The molecule has 0 radical (unpaired) electrons. The highest BCUT2D eigenvalue weighted by molar-refractivity contribution is 5.95. The van der Waals surface area contributed by atoms with Crippen LogP contribution in [0.4, 0.5) is 10.1 Å². The van der Waals surface area contributed by atoms with Crippen LogP contribution < -0.4 is 5.32 Å². The molecule has 144 valence electrons. The van der Waals surface area contributed by atoms with Crippen molar-refractivity contribution in [1.82, 2.24) is 4.98 Å². The second-order valence-electron chi connectivity index (χ2n) is 9.03. The summed E-state index contributed by atoms with van der Waals surface area (Å²) in [5.74, 6) is -0.211. The molecule has 2 aliphatic rings. The van der Waals surface area contributed by atoms with E-state index in [1.54, 1.807) is 6.07 Å². The normalized spacial score (nSPS) is 25.2. The first kappa shape index (κ1) is 17.6. The number of rotatable bonds is 1. The van der Waals surface area contributed by atoms with E-state index in [1.165, 1.54) is 0 Å². The second-order valence-corrected chi connectivity index (χ2v) is 9.03. The lowest BCUT2D eigenvalue weighted by Gasteiger charge is -2.48. The topological polar surface area (TPSA) is 34.2 Å². The molecular formula is C24H25FN2O. The average molecular weight is 376 g/mol. The van der Waals surface area contributed by atoms with Gasteiger partial charge in [0.1, 0.15) is 5.82 Å². The minimum Gasteiger partial charge on any atom is -0.377 e. The molecule has 28 heavy (non-hydrogen) atoms. The Hall–Kier alpha value is -2.46. The van der Waals surface area contributed by atoms with E-state index in [1.807, 2.05) is 37.4 Å². The molecule has 2 aromatic carbocycles. The highest BCUT2D eigenvalue weighted by atomic mass is 19.1. The third-order valence-corrected chi connectivity index (χ3v) is 6.47. The molecule has 0 bridgehead atoms. The summed E-state index contributed by atoms with van der Waals surface area (Å²) in [5.41, 5.74) is 5.11. The Morgan fingerprint density at radius 3 is 2.79 bits per heavy atom. The molecule has 0 amide bonds. The molecule has 1 fully saturated rings. The van der Waals surface area contributed by atoms with Crippen molar-refractivity contribution in [2.75, 3.05) is 11.9 Å². The minimum absolute atomic E-state index is 0.0576. The van der Waals surface area contributed by atoms with Gasteiger partial charge in [-0.3, -0.25) is 4.98 Å². The second kappa shape index (κ2) is 5.77. The zero-order valence-electron chi connectivity index (χ0n) is 16.8. The van der Waals surface area contributed by atoms with Gasteiger partial charge in [0.05, 0.1) is 17.2 Å². The Morgan fingerprint density at radius 2 is 1.96 bits per heavy atom. The maximum Gasteiger partial charge on any atom is 0.133 e. The molecule has 0 aliphatic carbocycles. The van der Waals surface area contributed by atoms with Crippen LogP contribution in [0.3, 0.4) is 0 Å². The van der Waals surface area contributed by atoms with Crippen LogP contribution in [0, 0.1) is 12.7 Å². The van der Waals surface area contributed by atoms with E-state index in [0.29, 0.717) is 5.56 Å². The van der Waals surface area contributed by atoms with E-state index in [-0.39, 0.29) is 22.9 Å². The fraction of sp³-hybridized carbons (Fsp3) is 0.375. The van der Waals surface area contributed by atoms with Crippen molar-refractivity contribution >= 4 is 16.6 Å². The third-order valence-electron chi connectivity index (χ3n) is 6.47. The molecule has 2 atom stereocenters. The largest absolute Gasteiger partial charge is 0.377 e. The monoisotopic (exact) mass is 376 g/mol. The van der Waals surface area contributed by atoms with E-state index in [4.69, 9.17) is 4.74 Å². The van der Waals surface area contributed by atoms with Gasteiger partial charge >= 0.3 is 0 Å². The predicted molar refractivity (Wildman–Crippen MR) is 111 cm³/mol. The van der Waals surface area contributed by atoms with Gasteiger partial charge in [-0.15, -0.1) is 0 Å². The number of hydrogen-bond acceptors (Lipinski definition) is 3. The lowest BCUT2D eigenvalue weighted by Crippen LogP contribution is -2.56. The van der Waals surface area contributed by atoms with E-state index in [2.05, 4.69) is 37.1 Å². The Labute approximate surface area is 164 Å². The van der Waals surface area contributed by atoms with Crippen LogP contribution in [0.15, 0.2) is 42.6 Å².